The van der Waals surface area contributed by atoms with Crippen LogP contribution in [0.25, 0.3) is 0 Å². The van der Waals surface area contributed by atoms with Crippen molar-refractivity contribution in [3.05, 3.63) is 24.3 Å². The molecule has 0 heterocycles. The number of methoxy groups -OCH3 is 1. The van der Waals surface area contributed by atoms with Gasteiger partial charge in [-0.05, 0) is 52.0 Å². The Hall–Kier alpha value is -1.64. The van der Waals surface area contributed by atoms with Crippen LogP contribution in [0.4, 0.5) is 0 Å². The molecule has 0 spiro atoms. The summed E-state index contributed by atoms with van der Waals surface area (Å²) in [5.41, 5.74) is 0. The molecule has 24 heavy (non-hydrogen) atoms. The Balaban J connectivity index is 2.73. The van der Waals surface area contributed by atoms with Gasteiger partial charge in [-0.3, -0.25) is 4.79 Å². The van der Waals surface area contributed by atoms with Crippen molar-refractivity contribution in [2.75, 3.05) is 13.7 Å². The highest BCUT2D eigenvalue weighted by atomic mass is 32.2. The lowest BCUT2D eigenvalue weighted by atomic mass is 10.3. The van der Waals surface area contributed by atoms with Gasteiger partial charge in [0.05, 0.1) is 11.5 Å². The Morgan fingerprint density at radius 1 is 1.12 bits per heavy atom. The standard InChI is InChI=1S/C16H26N2O5S/c1-11(2)17-16(19)13(4)23-14-6-8-15(9-7-14)24(20,21)18-12(3)10-22-5/h6-9,11-13,18H,10H2,1-5H3,(H,17,19)/t12-,13-/m0/s1. The summed E-state index contributed by atoms with van der Waals surface area (Å²) in [6.45, 7) is 7.36. The van der Waals surface area contributed by atoms with Crippen molar-refractivity contribution in [3.63, 3.8) is 0 Å². The zero-order chi connectivity index (χ0) is 18.3. The first-order chi connectivity index (χ1) is 11.2. The molecule has 0 aliphatic rings. The summed E-state index contributed by atoms with van der Waals surface area (Å²) in [5.74, 6) is 0.196. The van der Waals surface area contributed by atoms with E-state index < -0.39 is 16.1 Å². The zero-order valence-corrected chi connectivity index (χ0v) is 15.5. The summed E-state index contributed by atoms with van der Waals surface area (Å²) in [5, 5.41) is 2.75. The molecule has 1 amide bonds. The Morgan fingerprint density at radius 2 is 1.71 bits per heavy atom. The van der Waals surface area contributed by atoms with E-state index in [0.717, 1.165) is 0 Å². The molecule has 8 heteroatoms. The maximum absolute atomic E-state index is 12.2. The number of nitrogens with one attached hydrogen (secondary N) is 2. The number of amides is 1. The number of hydrogen-bond donors (Lipinski definition) is 2. The van der Waals surface area contributed by atoms with Gasteiger partial charge in [0.2, 0.25) is 10.0 Å². The topological polar surface area (TPSA) is 93.7 Å². The van der Waals surface area contributed by atoms with E-state index in [1.807, 2.05) is 13.8 Å². The largest absolute Gasteiger partial charge is 0.481 e. The number of benzene rings is 1. The third-order valence-electron chi connectivity index (χ3n) is 3.02. The van der Waals surface area contributed by atoms with Crippen LogP contribution < -0.4 is 14.8 Å². The van der Waals surface area contributed by atoms with Gasteiger partial charge in [-0.25, -0.2) is 13.1 Å². The van der Waals surface area contributed by atoms with Crippen LogP contribution in [0, 0.1) is 0 Å². The Labute approximate surface area is 143 Å². The number of hydrogen-bond acceptors (Lipinski definition) is 5. The lowest BCUT2D eigenvalue weighted by Crippen LogP contribution is -2.40. The first-order valence-electron chi connectivity index (χ1n) is 7.74. The van der Waals surface area contributed by atoms with Crippen molar-refractivity contribution in [3.8, 4) is 5.75 Å². The number of rotatable bonds is 9. The summed E-state index contributed by atoms with van der Waals surface area (Å²) in [6, 6.07) is 5.60. The van der Waals surface area contributed by atoms with E-state index in [0.29, 0.717) is 5.75 Å². The average Bonchev–Trinajstić information content (AvgIpc) is 2.46. The molecule has 0 aliphatic heterocycles. The van der Waals surface area contributed by atoms with E-state index >= 15 is 0 Å². The highest BCUT2D eigenvalue weighted by Gasteiger charge is 2.19. The van der Waals surface area contributed by atoms with E-state index in [-0.39, 0.29) is 29.5 Å². The summed E-state index contributed by atoms with van der Waals surface area (Å²) >= 11 is 0. The van der Waals surface area contributed by atoms with E-state index in [1.165, 1.54) is 31.4 Å². The SMILES string of the molecule is COC[C@H](C)NS(=O)(=O)c1ccc(O[C@@H](C)C(=O)NC(C)C)cc1. The van der Waals surface area contributed by atoms with Gasteiger partial charge < -0.3 is 14.8 Å². The highest BCUT2D eigenvalue weighted by molar-refractivity contribution is 7.89. The maximum atomic E-state index is 12.2. The monoisotopic (exact) mass is 358 g/mol. The van der Waals surface area contributed by atoms with Crippen LogP contribution in [0.2, 0.25) is 0 Å². The third-order valence-corrected chi connectivity index (χ3v) is 4.63. The fraction of sp³-hybridized carbons (Fsp3) is 0.562. The summed E-state index contributed by atoms with van der Waals surface area (Å²) in [7, 11) is -2.12. The van der Waals surface area contributed by atoms with Gasteiger partial charge in [0, 0.05) is 19.2 Å². The van der Waals surface area contributed by atoms with E-state index in [1.54, 1.807) is 13.8 Å². The Morgan fingerprint density at radius 3 is 2.21 bits per heavy atom. The van der Waals surface area contributed by atoms with Gasteiger partial charge in [-0.15, -0.1) is 0 Å². The highest BCUT2D eigenvalue weighted by Crippen LogP contribution is 2.17. The number of carbonyl (C=O) groups is 1. The van der Waals surface area contributed by atoms with Gasteiger partial charge in [0.1, 0.15) is 5.75 Å². The normalized spacial score (nSPS) is 14.2. The van der Waals surface area contributed by atoms with Crippen molar-refractivity contribution in [1.29, 1.82) is 0 Å². The molecule has 0 unspecified atom stereocenters. The minimum atomic E-state index is -3.62. The molecule has 136 valence electrons. The molecule has 0 saturated heterocycles. The molecule has 0 saturated carbocycles. The molecule has 2 atom stereocenters. The van der Waals surface area contributed by atoms with Gasteiger partial charge in [0.15, 0.2) is 6.10 Å². The Kier molecular flexibility index (Phi) is 7.65. The second-order valence-corrected chi connectivity index (χ2v) is 7.59. The molecule has 0 aliphatic carbocycles. The van der Waals surface area contributed by atoms with Crippen molar-refractivity contribution >= 4 is 15.9 Å². The van der Waals surface area contributed by atoms with E-state index in [9.17, 15) is 13.2 Å². The molecule has 7 nitrogen and oxygen atoms in total. The summed E-state index contributed by atoms with van der Waals surface area (Å²) in [6.07, 6.45) is -0.672. The van der Waals surface area contributed by atoms with Gasteiger partial charge >= 0.3 is 0 Å². The van der Waals surface area contributed by atoms with Crippen molar-refractivity contribution < 1.29 is 22.7 Å². The molecule has 0 bridgehead atoms. The molecule has 0 radical (unpaired) electrons. The van der Waals surface area contributed by atoms with Crippen molar-refractivity contribution in [2.45, 2.75) is 50.8 Å². The fourth-order valence-corrected chi connectivity index (χ4v) is 3.20. The van der Waals surface area contributed by atoms with Crippen LogP contribution >= 0.6 is 0 Å². The average molecular weight is 358 g/mol. The van der Waals surface area contributed by atoms with Crippen LogP contribution in [0.3, 0.4) is 0 Å². The quantitative estimate of drug-likeness (QED) is 0.694. The lowest BCUT2D eigenvalue weighted by Gasteiger charge is -2.17. The molecule has 2 N–H and O–H groups in total. The molecular weight excluding hydrogens is 332 g/mol. The van der Waals surface area contributed by atoms with Crippen molar-refractivity contribution in [2.24, 2.45) is 0 Å². The summed E-state index contributed by atoms with van der Waals surface area (Å²) in [4.78, 5) is 11.9. The van der Waals surface area contributed by atoms with Crippen LogP contribution in [-0.2, 0) is 19.6 Å². The van der Waals surface area contributed by atoms with Crippen LogP contribution in [0.15, 0.2) is 29.2 Å². The number of carbonyl (C=O) groups excluding carboxylic acids is 1. The fourth-order valence-electron chi connectivity index (χ4n) is 1.97. The minimum absolute atomic E-state index is 0.0243. The van der Waals surface area contributed by atoms with Crippen LogP contribution in [-0.4, -0.2) is 46.2 Å². The minimum Gasteiger partial charge on any atom is -0.481 e. The smallest absolute Gasteiger partial charge is 0.260 e. The molecule has 0 fully saturated rings. The van der Waals surface area contributed by atoms with Gasteiger partial charge in [-0.1, -0.05) is 0 Å². The number of sulfonamides is 1. The predicted octanol–water partition coefficient (Wildman–Crippen LogP) is 1.29. The molecule has 0 aromatic heterocycles. The molecular formula is C16H26N2O5S. The first kappa shape index (κ1) is 20.4. The molecule has 1 aromatic rings. The molecule has 1 rings (SSSR count). The number of ether oxygens (including phenoxy) is 2. The third kappa shape index (κ3) is 6.46. The van der Waals surface area contributed by atoms with E-state index in [2.05, 4.69) is 10.0 Å². The predicted molar refractivity (Wildman–Crippen MR) is 91.5 cm³/mol. The first-order valence-corrected chi connectivity index (χ1v) is 9.22. The van der Waals surface area contributed by atoms with Crippen molar-refractivity contribution in [1.82, 2.24) is 10.0 Å². The Bertz CT molecular complexity index is 628. The lowest BCUT2D eigenvalue weighted by molar-refractivity contribution is -0.127. The van der Waals surface area contributed by atoms with E-state index in [4.69, 9.17) is 9.47 Å². The van der Waals surface area contributed by atoms with Gasteiger partial charge in [0.25, 0.3) is 5.91 Å². The van der Waals surface area contributed by atoms with Gasteiger partial charge in [-0.2, -0.15) is 0 Å². The van der Waals surface area contributed by atoms with Crippen LogP contribution in [0.5, 0.6) is 5.75 Å². The van der Waals surface area contributed by atoms with Crippen LogP contribution in [0.1, 0.15) is 27.7 Å². The molecule has 1 aromatic carbocycles. The second-order valence-electron chi connectivity index (χ2n) is 5.87. The second kappa shape index (κ2) is 9.00. The maximum Gasteiger partial charge on any atom is 0.260 e. The summed E-state index contributed by atoms with van der Waals surface area (Å²) < 4.78 is 37.4. The zero-order valence-electron chi connectivity index (χ0n) is 14.7.